The molecule has 4 nitrogen and oxygen atoms in total. The fraction of sp³-hybridized carbons (Fsp3) is 0. The number of fused-ring (bicyclic) bond motifs is 2. The molecule has 0 N–H and O–H groups in total. The van der Waals surface area contributed by atoms with Gasteiger partial charge in [0.25, 0.3) is 5.63 Å². The Bertz CT molecular complexity index is 1480. The van der Waals surface area contributed by atoms with Crippen molar-refractivity contribution in [1.29, 1.82) is 0 Å². The van der Waals surface area contributed by atoms with Crippen molar-refractivity contribution < 1.29 is 24.5 Å². The molecule has 0 bridgehead atoms. The molecule has 159 valence electrons. The second kappa shape index (κ2) is 10.1. The van der Waals surface area contributed by atoms with Crippen LogP contribution in [-0.2, 0) is 20.1 Å². The molecule has 0 unspecified atom stereocenters. The van der Waals surface area contributed by atoms with Gasteiger partial charge in [-0.25, -0.2) is 11.3 Å². The molecule has 0 aliphatic rings. The van der Waals surface area contributed by atoms with Crippen LogP contribution in [0.25, 0.3) is 42.3 Å². The largest absolute Gasteiger partial charge is 0.496 e. The molecule has 6 rings (SSSR count). The van der Waals surface area contributed by atoms with Crippen LogP contribution in [0, 0.1) is 12.1 Å². The number of para-hydroxylation sites is 2. The molecule has 0 saturated carbocycles. The SMILES string of the molecule is O=c1oc2ccccc2[c-]c1-c1ccccn1.[Ir].[c-]1ccsc1-c1nc2ccccc2s1. The summed E-state index contributed by atoms with van der Waals surface area (Å²) in [5.41, 5.74) is 2.14. The van der Waals surface area contributed by atoms with E-state index in [0.29, 0.717) is 16.8 Å². The maximum atomic E-state index is 11.8. The zero-order valence-corrected chi connectivity index (χ0v) is 20.5. The molecule has 0 spiro atoms. The van der Waals surface area contributed by atoms with Crippen molar-refractivity contribution in [3.63, 3.8) is 0 Å². The van der Waals surface area contributed by atoms with Crippen LogP contribution in [0.2, 0.25) is 0 Å². The molecule has 0 saturated heterocycles. The standard InChI is InChI=1S/C14H8NO2.C11H6NS2.Ir/c16-14-11(12-6-3-4-8-15-12)9-10-5-1-2-7-13(10)17-14;1-2-5-9-8(4-1)12-11(14-9)10-6-3-7-13-10;/h1-8H;1-5,7H;/q2*-1;. The van der Waals surface area contributed by atoms with Gasteiger partial charge >= 0.3 is 0 Å². The first-order valence-corrected chi connectivity index (χ1v) is 11.2. The maximum absolute atomic E-state index is 11.8. The van der Waals surface area contributed by atoms with Crippen LogP contribution in [-0.4, -0.2) is 9.97 Å². The van der Waals surface area contributed by atoms with Crippen LogP contribution in [0.3, 0.4) is 0 Å². The van der Waals surface area contributed by atoms with Gasteiger partial charge in [-0.1, -0.05) is 52.7 Å². The van der Waals surface area contributed by atoms with Crippen LogP contribution >= 0.6 is 22.7 Å². The van der Waals surface area contributed by atoms with E-state index < -0.39 is 5.63 Å². The third kappa shape index (κ3) is 4.76. The molecule has 7 heteroatoms. The van der Waals surface area contributed by atoms with Gasteiger partial charge in [0.1, 0.15) is 0 Å². The van der Waals surface area contributed by atoms with E-state index in [9.17, 15) is 4.79 Å². The van der Waals surface area contributed by atoms with Crippen molar-refractivity contribution in [2.45, 2.75) is 0 Å². The predicted molar refractivity (Wildman–Crippen MR) is 126 cm³/mol. The number of aromatic nitrogens is 2. The van der Waals surface area contributed by atoms with E-state index in [1.165, 1.54) is 4.70 Å². The molecule has 1 radical (unpaired) electrons. The van der Waals surface area contributed by atoms with Gasteiger partial charge in [-0.3, -0.25) is 14.8 Å². The topological polar surface area (TPSA) is 56.0 Å². The number of rotatable bonds is 2. The van der Waals surface area contributed by atoms with Gasteiger partial charge in [-0.15, -0.1) is 17.5 Å². The second-order valence-corrected chi connectivity index (χ2v) is 8.43. The Morgan fingerprint density at radius 2 is 1.75 bits per heavy atom. The smallest absolute Gasteiger partial charge is 0.268 e. The van der Waals surface area contributed by atoms with Gasteiger partial charge in [0, 0.05) is 41.7 Å². The quantitative estimate of drug-likeness (QED) is 0.163. The van der Waals surface area contributed by atoms with Gasteiger partial charge in [0.2, 0.25) is 0 Å². The molecule has 6 aromatic rings. The van der Waals surface area contributed by atoms with E-state index >= 15 is 0 Å². The van der Waals surface area contributed by atoms with Gasteiger partial charge in [-0.05, 0) is 23.8 Å². The van der Waals surface area contributed by atoms with Crippen molar-refractivity contribution in [1.82, 2.24) is 9.97 Å². The predicted octanol–water partition coefficient (Wildman–Crippen LogP) is 6.48. The average Bonchev–Trinajstić information content (AvgIpc) is 3.49. The zero-order valence-electron chi connectivity index (χ0n) is 16.4. The van der Waals surface area contributed by atoms with Crippen LogP contribution in [0.4, 0.5) is 0 Å². The number of hydrogen-bond acceptors (Lipinski definition) is 6. The number of thiophene rings is 1. The Labute approximate surface area is 205 Å². The number of benzene rings is 2. The molecular formula is C25H14IrN2O2S2-2. The molecule has 0 amide bonds. The maximum Gasteiger partial charge on any atom is 0.268 e. The van der Waals surface area contributed by atoms with E-state index in [2.05, 4.69) is 28.2 Å². The molecule has 4 heterocycles. The van der Waals surface area contributed by atoms with E-state index in [4.69, 9.17) is 4.42 Å². The van der Waals surface area contributed by atoms with Gasteiger partial charge < -0.3 is 4.42 Å². The second-order valence-electron chi connectivity index (χ2n) is 6.48. The fourth-order valence-corrected chi connectivity index (χ4v) is 4.69. The van der Waals surface area contributed by atoms with Crippen LogP contribution in [0.5, 0.6) is 0 Å². The van der Waals surface area contributed by atoms with Crippen molar-refractivity contribution >= 4 is 43.9 Å². The summed E-state index contributed by atoms with van der Waals surface area (Å²) in [6.07, 6.45) is 1.64. The molecule has 0 aliphatic heterocycles. The summed E-state index contributed by atoms with van der Waals surface area (Å²) in [6.45, 7) is 0. The molecule has 4 aromatic heterocycles. The van der Waals surface area contributed by atoms with Crippen LogP contribution in [0.15, 0.2) is 93.6 Å². The van der Waals surface area contributed by atoms with E-state index in [-0.39, 0.29) is 20.1 Å². The summed E-state index contributed by atoms with van der Waals surface area (Å²) in [4.78, 5) is 21.6. The first kappa shape index (κ1) is 22.2. The summed E-state index contributed by atoms with van der Waals surface area (Å²) in [7, 11) is 0. The molecule has 0 fully saturated rings. The zero-order chi connectivity index (χ0) is 21.0. The molecule has 0 aliphatic carbocycles. The Kier molecular flexibility index (Phi) is 7.02. The summed E-state index contributed by atoms with van der Waals surface area (Å²) in [5.74, 6) is 0. The van der Waals surface area contributed by atoms with Crippen molar-refractivity contribution in [2.24, 2.45) is 0 Å². The van der Waals surface area contributed by atoms with E-state index in [1.54, 1.807) is 47.1 Å². The summed E-state index contributed by atoms with van der Waals surface area (Å²) in [6, 6.07) is 29.0. The summed E-state index contributed by atoms with van der Waals surface area (Å²) in [5, 5.41) is 3.87. The minimum absolute atomic E-state index is 0. The van der Waals surface area contributed by atoms with Gasteiger partial charge in [-0.2, -0.15) is 23.5 Å². The summed E-state index contributed by atoms with van der Waals surface area (Å²) >= 11 is 3.41. The average molecular weight is 631 g/mol. The molecule has 0 atom stereocenters. The number of nitrogens with zero attached hydrogens (tertiary/aromatic N) is 2. The first-order chi connectivity index (χ1) is 15.3. The van der Waals surface area contributed by atoms with Crippen LogP contribution < -0.4 is 5.63 Å². The van der Waals surface area contributed by atoms with Gasteiger partial charge in [0.05, 0.1) is 11.1 Å². The monoisotopic (exact) mass is 631 g/mol. The Balaban J connectivity index is 0.000000151. The minimum atomic E-state index is -0.414. The number of pyridine rings is 1. The fourth-order valence-electron chi connectivity index (χ4n) is 3.00. The van der Waals surface area contributed by atoms with Crippen molar-refractivity contribution in [2.75, 3.05) is 0 Å². The molecule has 2 aromatic carbocycles. The third-order valence-corrected chi connectivity index (χ3v) is 6.43. The Morgan fingerprint density at radius 1 is 0.938 bits per heavy atom. The number of hydrogen-bond donors (Lipinski definition) is 0. The van der Waals surface area contributed by atoms with E-state index in [0.717, 1.165) is 20.8 Å². The molecule has 32 heavy (non-hydrogen) atoms. The van der Waals surface area contributed by atoms with Crippen molar-refractivity contribution in [3.8, 4) is 21.1 Å². The van der Waals surface area contributed by atoms with Crippen LogP contribution in [0.1, 0.15) is 0 Å². The van der Waals surface area contributed by atoms with Gasteiger partial charge in [0.15, 0.2) is 0 Å². The normalized spacial score (nSPS) is 10.4. The summed E-state index contributed by atoms with van der Waals surface area (Å²) < 4.78 is 6.46. The van der Waals surface area contributed by atoms with E-state index in [1.807, 2.05) is 53.9 Å². The first-order valence-electron chi connectivity index (χ1n) is 9.45. The Morgan fingerprint density at radius 3 is 2.53 bits per heavy atom. The Hall–Kier alpha value is -2.96. The third-order valence-electron chi connectivity index (χ3n) is 4.43. The van der Waals surface area contributed by atoms with Crippen molar-refractivity contribution in [3.05, 3.63) is 107 Å². The minimum Gasteiger partial charge on any atom is -0.496 e. The molecular weight excluding hydrogens is 617 g/mol. The number of thiazole rings is 1.